The number of nitrogens with one attached hydrogen (secondary N) is 2. The number of hydrogen-bond donors (Lipinski definition) is 2. The van der Waals surface area contributed by atoms with Gasteiger partial charge in [-0.3, -0.25) is 9.59 Å². The van der Waals surface area contributed by atoms with Gasteiger partial charge >= 0.3 is 6.09 Å². The Balaban J connectivity index is 1.27. The highest BCUT2D eigenvalue weighted by Crippen LogP contribution is 2.39. The molecule has 35 heavy (non-hydrogen) atoms. The normalized spacial score (nSPS) is 17.9. The number of carbonyl (C=O) groups excluding carboxylic acids is 3. The molecule has 0 aliphatic carbocycles. The van der Waals surface area contributed by atoms with Gasteiger partial charge in [0, 0.05) is 35.0 Å². The lowest BCUT2D eigenvalue weighted by atomic mass is 10.1. The molecule has 1 aromatic heterocycles. The molecule has 1 fully saturated rings. The Hall–Kier alpha value is -3.04. The first kappa shape index (κ1) is 25.1. The highest BCUT2D eigenvalue weighted by molar-refractivity contribution is 8.04. The lowest BCUT2D eigenvalue weighted by Gasteiger charge is -2.33. The summed E-state index contributed by atoms with van der Waals surface area (Å²) in [6.07, 6.45) is 6.25. The van der Waals surface area contributed by atoms with Gasteiger partial charge in [0.2, 0.25) is 5.91 Å². The van der Waals surface area contributed by atoms with Gasteiger partial charge in [-0.25, -0.2) is 4.79 Å². The summed E-state index contributed by atoms with van der Waals surface area (Å²) in [5.41, 5.74) is 1.21. The molecule has 0 spiro atoms. The van der Waals surface area contributed by atoms with E-state index in [1.165, 1.54) is 29.2 Å². The van der Waals surface area contributed by atoms with Crippen molar-refractivity contribution < 1.29 is 19.1 Å². The van der Waals surface area contributed by atoms with Crippen molar-refractivity contribution >= 4 is 58.8 Å². The molecule has 3 amide bonds. The molecule has 2 aliphatic heterocycles. The van der Waals surface area contributed by atoms with Crippen molar-refractivity contribution in [2.24, 2.45) is 0 Å². The fraction of sp³-hybridized carbons (Fsp3) is 0.346. The smallest absolute Gasteiger partial charge is 0.410 e. The van der Waals surface area contributed by atoms with Crippen LogP contribution in [0.4, 0.5) is 10.5 Å². The van der Waals surface area contributed by atoms with Crippen LogP contribution in [0.2, 0.25) is 0 Å². The maximum Gasteiger partial charge on any atom is 0.410 e. The third kappa shape index (κ3) is 6.99. The summed E-state index contributed by atoms with van der Waals surface area (Å²) in [5.74, 6) is -0.276. The van der Waals surface area contributed by atoms with Crippen molar-refractivity contribution in [1.29, 1.82) is 0 Å². The zero-order chi connectivity index (χ0) is 25.0. The average Bonchev–Trinajstić information content (AvgIpc) is 3.25. The van der Waals surface area contributed by atoms with E-state index < -0.39 is 5.60 Å². The molecule has 1 saturated heterocycles. The number of benzene rings is 1. The van der Waals surface area contributed by atoms with Gasteiger partial charge in [-0.2, -0.15) is 0 Å². The second-order valence-electron chi connectivity index (χ2n) is 9.43. The van der Waals surface area contributed by atoms with Crippen LogP contribution in [0.3, 0.4) is 0 Å². The van der Waals surface area contributed by atoms with Crippen LogP contribution in [0.5, 0.6) is 0 Å². The van der Waals surface area contributed by atoms with Crippen LogP contribution in [-0.4, -0.2) is 47.5 Å². The summed E-state index contributed by atoms with van der Waals surface area (Å²) in [7, 11) is 0. The largest absolute Gasteiger partial charge is 0.444 e. The van der Waals surface area contributed by atoms with Crippen LogP contribution in [0.1, 0.15) is 44.1 Å². The standard InChI is InChI=1S/C26H29N3O4S2/c1-26(2,3)33-25(32)29-12-10-18(11-13-29)27-23(30)9-8-17-14-19(34-16-17)15-22-24(31)28-20-6-4-5-7-21(20)35-22/h4-9,14-16,18H,10-13H2,1-3H3,(H,27,30)(H,28,31)/b9-8+,22-15?. The minimum Gasteiger partial charge on any atom is -0.444 e. The summed E-state index contributed by atoms with van der Waals surface area (Å²) in [5, 5.41) is 7.88. The number of para-hydroxylation sites is 1. The maximum absolute atomic E-state index is 12.4. The van der Waals surface area contributed by atoms with Crippen LogP contribution < -0.4 is 10.6 Å². The summed E-state index contributed by atoms with van der Waals surface area (Å²) in [4.78, 5) is 41.3. The number of amides is 3. The Morgan fingerprint density at radius 2 is 1.94 bits per heavy atom. The highest BCUT2D eigenvalue weighted by Gasteiger charge is 2.27. The summed E-state index contributed by atoms with van der Waals surface area (Å²) in [6.45, 7) is 6.66. The Morgan fingerprint density at radius 3 is 2.69 bits per heavy atom. The lowest BCUT2D eigenvalue weighted by Crippen LogP contribution is -2.47. The highest BCUT2D eigenvalue weighted by atomic mass is 32.2. The fourth-order valence-electron chi connectivity index (χ4n) is 3.72. The molecule has 2 N–H and O–H groups in total. The first-order valence-electron chi connectivity index (χ1n) is 11.5. The second-order valence-corrected chi connectivity index (χ2v) is 11.5. The Labute approximate surface area is 213 Å². The van der Waals surface area contributed by atoms with Gasteiger partial charge in [0.05, 0.1) is 10.6 Å². The maximum atomic E-state index is 12.4. The summed E-state index contributed by atoms with van der Waals surface area (Å²) >= 11 is 2.97. The van der Waals surface area contributed by atoms with Crippen molar-refractivity contribution in [3.8, 4) is 0 Å². The number of nitrogens with zero attached hydrogens (tertiary/aromatic N) is 1. The molecular formula is C26H29N3O4S2. The number of ether oxygens (including phenoxy) is 1. The average molecular weight is 512 g/mol. The molecule has 2 aromatic rings. The summed E-state index contributed by atoms with van der Waals surface area (Å²) in [6, 6.07) is 9.70. The predicted molar refractivity (Wildman–Crippen MR) is 141 cm³/mol. The third-order valence-corrected chi connectivity index (χ3v) is 7.41. The predicted octanol–water partition coefficient (Wildman–Crippen LogP) is 5.36. The first-order chi connectivity index (χ1) is 16.7. The van der Waals surface area contributed by atoms with Crippen molar-refractivity contribution in [2.45, 2.75) is 50.2 Å². The zero-order valence-corrected chi connectivity index (χ0v) is 21.6. The Kier molecular flexibility index (Phi) is 7.66. The van der Waals surface area contributed by atoms with E-state index in [0.29, 0.717) is 30.8 Å². The lowest BCUT2D eigenvalue weighted by molar-refractivity contribution is -0.117. The van der Waals surface area contributed by atoms with Crippen LogP contribution in [0.15, 0.2) is 51.6 Å². The molecule has 7 nitrogen and oxygen atoms in total. The molecule has 4 rings (SSSR count). The second kappa shape index (κ2) is 10.7. The van der Waals surface area contributed by atoms with E-state index >= 15 is 0 Å². The molecule has 0 bridgehead atoms. The molecule has 1 aromatic carbocycles. The van der Waals surface area contributed by atoms with Gasteiger partial charge in [-0.15, -0.1) is 11.3 Å². The van der Waals surface area contributed by atoms with Crippen molar-refractivity contribution in [3.63, 3.8) is 0 Å². The van der Waals surface area contributed by atoms with E-state index in [0.717, 1.165) is 21.0 Å². The van der Waals surface area contributed by atoms with Crippen molar-refractivity contribution in [2.75, 3.05) is 18.4 Å². The van der Waals surface area contributed by atoms with E-state index in [1.54, 1.807) is 11.0 Å². The van der Waals surface area contributed by atoms with Crippen LogP contribution in [-0.2, 0) is 14.3 Å². The molecule has 2 aliphatic rings. The molecule has 0 radical (unpaired) electrons. The third-order valence-electron chi connectivity index (χ3n) is 5.41. The minimum absolute atomic E-state index is 0.0262. The van der Waals surface area contributed by atoms with Crippen LogP contribution in [0.25, 0.3) is 12.2 Å². The number of thioether (sulfide) groups is 1. The van der Waals surface area contributed by atoms with E-state index in [1.807, 2.05) is 62.6 Å². The molecule has 3 heterocycles. The van der Waals surface area contributed by atoms with E-state index in [2.05, 4.69) is 10.6 Å². The van der Waals surface area contributed by atoms with Gasteiger partial charge < -0.3 is 20.3 Å². The molecule has 0 unspecified atom stereocenters. The van der Waals surface area contributed by atoms with Crippen molar-refractivity contribution in [3.05, 3.63) is 57.1 Å². The zero-order valence-electron chi connectivity index (χ0n) is 20.0. The number of thiophene rings is 1. The fourth-order valence-corrected chi connectivity index (χ4v) is 5.54. The van der Waals surface area contributed by atoms with Gasteiger partial charge in [-0.05, 0) is 74.9 Å². The monoisotopic (exact) mass is 511 g/mol. The van der Waals surface area contributed by atoms with E-state index in [4.69, 9.17) is 4.74 Å². The van der Waals surface area contributed by atoms with Crippen LogP contribution >= 0.6 is 23.1 Å². The quantitative estimate of drug-likeness (QED) is 0.540. The number of likely N-dealkylation sites (tertiary alicyclic amines) is 1. The number of fused-ring (bicyclic) bond motifs is 1. The molecule has 0 atom stereocenters. The topological polar surface area (TPSA) is 87.7 Å². The number of carbonyl (C=O) groups is 3. The minimum atomic E-state index is -0.516. The number of hydrogen-bond acceptors (Lipinski definition) is 6. The Bertz CT molecular complexity index is 1170. The molecule has 184 valence electrons. The molecule has 0 saturated carbocycles. The van der Waals surface area contributed by atoms with Crippen LogP contribution in [0, 0.1) is 0 Å². The van der Waals surface area contributed by atoms with Gasteiger partial charge in [0.15, 0.2) is 0 Å². The summed E-state index contributed by atoms with van der Waals surface area (Å²) < 4.78 is 5.41. The number of rotatable bonds is 4. The number of anilines is 1. The van der Waals surface area contributed by atoms with Gasteiger partial charge in [0.25, 0.3) is 5.91 Å². The van der Waals surface area contributed by atoms with E-state index in [-0.39, 0.29) is 23.9 Å². The van der Waals surface area contributed by atoms with E-state index in [9.17, 15) is 14.4 Å². The SMILES string of the molecule is CC(C)(C)OC(=O)N1CCC(NC(=O)/C=C/c2csc(C=C3Sc4ccccc4NC3=O)c2)CC1. The van der Waals surface area contributed by atoms with Gasteiger partial charge in [-0.1, -0.05) is 23.9 Å². The van der Waals surface area contributed by atoms with Crippen molar-refractivity contribution in [1.82, 2.24) is 10.2 Å². The van der Waals surface area contributed by atoms with Gasteiger partial charge in [0.1, 0.15) is 5.60 Å². The first-order valence-corrected chi connectivity index (χ1v) is 13.2. The molecular weight excluding hydrogens is 482 g/mol. The number of piperidine rings is 1. The molecule has 9 heteroatoms. The Morgan fingerprint density at radius 1 is 1.20 bits per heavy atom.